The van der Waals surface area contributed by atoms with Gasteiger partial charge in [-0.15, -0.1) is 0 Å². The molecule has 0 aromatic rings. The van der Waals surface area contributed by atoms with Gasteiger partial charge in [0.2, 0.25) is 0 Å². The Balaban J connectivity index is 0.000000182. The Morgan fingerprint density at radius 1 is 0.554 bits per heavy atom. The Labute approximate surface area is 504 Å². The normalized spacial score (nSPS) is 51.5. The number of amides is 2. The van der Waals surface area contributed by atoms with Gasteiger partial charge in [-0.2, -0.15) is 0 Å². The van der Waals surface area contributed by atoms with Crippen LogP contribution >= 0.6 is 0 Å². The fraction of sp³-hybridized carbons (Fsp3) is 0.971. The van der Waals surface area contributed by atoms with Gasteiger partial charge in [0, 0.05) is 17.9 Å². The van der Waals surface area contributed by atoms with Crippen LogP contribution in [-0.2, 0) is 23.4 Å². The van der Waals surface area contributed by atoms with Gasteiger partial charge in [0.1, 0.15) is 12.2 Å². The summed E-state index contributed by atoms with van der Waals surface area (Å²) in [7, 11) is -0.955. The summed E-state index contributed by atoms with van der Waals surface area (Å²) >= 11 is 0. The van der Waals surface area contributed by atoms with Crippen molar-refractivity contribution in [3.8, 4) is 0 Å². The van der Waals surface area contributed by atoms with Crippen LogP contribution in [0.4, 0.5) is 9.59 Å². The van der Waals surface area contributed by atoms with E-state index in [-0.39, 0.29) is 81.6 Å². The van der Waals surface area contributed by atoms with Crippen LogP contribution in [0.3, 0.4) is 0 Å². The average Bonchev–Trinajstić information content (AvgIpc) is 1.48. The van der Waals surface area contributed by atoms with Crippen molar-refractivity contribution in [2.75, 3.05) is 7.11 Å². The zero-order valence-corrected chi connectivity index (χ0v) is 56.8. The van der Waals surface area contributed by atoms with Crippen LogP contribution in [-0.4, -0.2) is 97.9 Å². The molecular weight excluding hydrogens is 1060 g/mol. The zero-order valence-electron chi connectivity index (χ0n) is 55.8. The van der Waals surface area contributed by atoms with E-state index in [1.165, 1.54) is 57.8 Å². The first-order valence-electron chi connectivity index (χ1n) is 34.4. The molecule has 2 saturated heterocycles. The summed E-state index contributed by atoms with van der Waals surface area (Å²) in [5, 5.41) is 30.2. The van der Waals surface area contributed by atoms with Crippen molar-refractivity contribution in [3.05, 3.63) is 0 Å². The van der Waals surface area contributed by atoms with Gasteiger partial charge in [-0.25, -0.2) is 9.59 Å². The van der Waals surface area contributed by atoms with E-state index >= 15 is 0 Å². The predicted molar refractivity (Wildman–Crippen MR) is 330 cm³/mol. The number of hydrogen-bond donors (Lipinski definition) is 5. The third-order valence-electron chi connectivity index (χ3n) is 31.0. The number of aliphatic hydroxyl groups is 3. The van der Waals surface area contributed by atoms with Crippen molar-refractivity contribution in [1.29, 1.82) is 0 Å². The van der Waals surface area contributed by atoms with E-state index in [1.807, 2.05) is 13.8 Å². The highest BCUT2D eigenvalue weighted by Gasteiger charge is 2.87. The van der Waals surface area contributed by atoms with E-state index in [9.17, 15) is 19.8 Å². The molecule has 0 aromatic heterocycles. The molecule has 7 N–H and O–H groups in total. The van der Waals surface area contributed by atoms with Gasteiger partial charge in [0.15, 0.2) is 8.32 Å². The monoisotopic (exact) mass is 1180 g/mol. The van der Waals surface area contributed by atoms with Crippen molar-refractivity contribution in [3.63, 3.8) is 0 Å². The summed E-state index contributed by atoms with van der Waals surface area (Å²) in [6.07, 6.45) is 16.1. The average molecular weight is 1180 g/mol. The van der Waals surface area contributed by atoms with Crippen LogP contribution in [0.2, 0.25) is 18.1 Å². The molecule has 2 amide bonds. The van der Waals surface area contributed by atoms with Gasteiger partial charge in [-0.1, -0.05) is 125 Å². The number of carbonyl (C=O) groups is 2. The van der Waals surface area contributed by atoms with Crippen LogP contribution in [0.1, 0.15) is 227 Å². The smallest absolute Gasteiger partial charge is 0.404 e. The van der Waals surface area contributed by atoms with E-state index < -0.39 is 32.7 Å². The minimum atomic E-state index is -1.96. The second-order valence-corrected chi connectivity index (χ2v) is 38.9. The molecule has 476 valence electrons. The largest absolute Gasteiger partial charge is 0.443 e. The number of aliphatic hydroxyl groups excluding tert-OH is 3. The maximum absolute atomic E-state index is 12.3. The van der Waals surface area contributed by atoms with Crippen LogP contribution in [0.5, 0.6) is 0 Å². The van der Waals surface area contributed by atoms with Gasteiger partial charge in [0.05, 0.1) is 42.7 Å². The van der Waals surface area contributed by atoms with Crippen molar-refractivity contribution >= 4 is 20.5 Å². The van der Waals surface area contributed by atoms with Gasteiger partial charge in [0.25, 0.3) is 0 Å². The molecule has 12 rings (SSSR count). The number of nitrogens with two attached hydrogens (primary N) is 2. The third-order valence-corrected chi connectivity index (χ3v) is 35.6. The van der Waals surface area contributed by atoms with Crippen LogP contribution in [0.25, 0.3) is 0 Å². The van der Waals surface area contributed by atoms with E-state index in [2.05, 4.69) is 111 Å². The molecule has 10 aliphatic carbocycles. The van der Waals surface area contributed by atoms with E-state index in [0.29, 0.717) is 68.5 Å². The minimum absolute atomic E-state index is 0.00950. The summed E-state index contributed by atoms with van der Waals surface area (Å²) in [5.74, 6) is 5.25. The topological polar surface area (TPSA) is 193 Å². The minimum Gasteiger partial charge on any atom is -0.443 e. The summed E-state index contributed by atoms with van der Waals surface area (Å²) < 4.78 is 33.4. The summed E-state index contributed by atoms with van der Waals surface area (Å²) in [5.41, 5.74) is 13.1. The zero-order chi connectivity index (χ0) is 61.2. The van der Waals surface area contributed by atoms with E-state index in [0.717, 1.165) is 82.0 Å². The first-order valence-corrected chi connectivity index (χ1v) is 37.0. The highest BCUT2D eigenvalue weighted by atomic mass is 28.4. The van der Waals surface area contributed by atoms with Crippen LogP contribution in [0, 0.1) is 119 Å². The lowest BCUT2D eigenvalue weighted by atomic mass is 9.41. The third kappa shape index (κ3) is 8.58. The number of rotatable bonds is 11. The molecule has 12 nitrogen and oxygen atoms in total. The number of fused-ring (bicyclic) bond motifs is 8. The molecule has 12 aliphatic rings. The first kappa shape index (κ1) is 64.5. The van der Waals surface area contributed by atoms with Gasteiger partial charge >= 0.3 is 12.2 Å². The summed E-state index contributed by atoms with van der Waals surface area (Å²) in [6.45, 7) is 42.9. The molecule has 12 fully saturated rings. The molecular formula is C70H122N2O10Si. The number of hydrogen-bond acceptors (Lipinski definition) is 10. The second kappa shape index (κ2) is 21.3. The van der Waals surface area contributed by atoms with Crippen molar-refractivity contribution < 1.29 is 48.3 Å². The van der Waals surface area contributed by atoms with E-state index in [4.69, 9.17) is 39.9 Å². The Bertz CT molecular complexity index is 2410. The molecule has 0 aromatic carbocycles. The highest BCUT2D eigenvalue weighted by molar-refractivity contribution is 6.73. The molecule has 2 unspecified atom stereocenters. The fourth-order valence-corrected chi connectivity index (χ4v) is 29.2. The lowest BCUT2D eigenvalue weighted by molar-refractivity contribution is -0.184. The predicted octanol–water partition coefficient (Wildman–Crippen LogP) is 14.5. The molecule has 0 bridgehead atoms. The molecule has 13 heteroatoms. The van der Waals surface area contributed by atoms with Gasteiger partial charge < -0.3 is 50.2 Å². The molecule has 0 radical (unpaired) electrons. The molecule has 10 saturated carbocycles. The highest BCUT2D eigenvalue weighted by Crippen LogP contribution is 2.91. The maximum Gasteiger partial charge on any atom is 0.404 e. The van der Waals surface area contributed by atoms with Crippen molar-refractivity contribution in [2.24, 2.45) is 131 Å². The molecule has 2 heterocycles. The molecule has 83 heavy (non-hydrogen) atoms. The Morgan fingerprint density at radius 2 is 0.952 bits per heavy atom. The Hall–Kier alpha value is -1.48. The van der Waals surface area contributed by atoms with Crippen LogP contribution < -0.4 is 11.5 Å². The quantitative estimate of drug-likeness (QED) is 0.124. The first-order chi connectivity index (χ1) is 38.7. The molecule has 4 spiro atoms. The Kier molecular flexibility index (Phi) is 16.6. The van der Waals surface area contributed by atoms with Crippen LogP contribution in [0.15, 0.2) is 0 Å². The lowest BCUT2D eigenvalue weighted by Gasteiger charge is -2.64. The van der Waals surface area contributed by atoms with Crippen molar-refractivity contribution in [2.45, 2.75) is 300 Å². The fourth-order valence-electron chi connectivity index (χ4n) is 26.2. The molecule has 26 atom stereocenters. The van der Waals surface area contributed by atoms with E-state index in [1.54, 1.807) is 0 Å². The SMILES string of the molecule is CC(C)[C@@H](OC(N)=O)[C@H]1C[C@@H](C)[C@H]2[C@H](O1)[C@H](O)[C@@]1(C)[C@@H]3CC[C@H]4C(C)(C)[C@@H](O)CCC45C[C@@]35CC[C@]21C.CC[Si](CC)(CC)O[C@H]1[C@H]2O[C@@H]([C@H](OC(N)=O)C(C)C)C[C@@H](C)[C@@H]2[C@@]2(C)CC[C@@]34CC35CC[C@H](C)C(C)(C)[C@@H]5CC[C@H]4[C@]12C.CO. The van der Waals surface area contributed by atoms with Gasteiger partial charge in [-0.3, -0.25) is 0 Å². The standard InChI is InChI=1S/C38H67NO4Si.C31H51NO5.CH4O/c1-12-44(13-2,14-3)43-32-31-29(24(6)21-26(41-31)30(23(4)5)42-33(39)40)35(10)19-20-38-22-37(38)18-17-25(7)34(8,9)27(37)15-16-28(38)36(32,35)11;1-16(2)23(37-26(32)35)18-14-17(3)22-24(36-18)25(34)29(7)20-9-8-19-27(4,5)21(33)10-11-30(19)15-31(20,30)13-12-28(22,29)6;1-2/h23-32H,12-22H2,1-11H3,(H2,39,40);16-25,33-34H,8-15H2,1-7H3,(H2,32,35);2H,1H3/t24-,25+,26-,27+,28+,29+,30-,31+,32+,35-,36-,37?,38+;17-,18-,19+,20+,21+,22+,23-,24+,25+,28-,29-,30?,31+;/m11./s1. The summed E-state index contributed by atoms with van der Waals surface area (Å²) in [4.78, 5) is 23.7. The lowest BCUT2D eigenvalue weighted by Crippen LogP contribution is -2.60. The van der Waals surface area contributed by atoms with Gasteiger partial charge in [-0.05, 0) is 229 Å². The summed E-state index contributed by atoms with van der Waals surface area (Å²) in [6, 6.07) is 3.48. The van der Waals surface area contributed by atoms with Crippen molar-refractivity contribution in [1.82, 2.24) is 0 Å². The number of carbonyl (C=O) groups excluding carboxylic acids is 2. The maximum atomic E-state index is 12.3. The second-order valence-electron chi connectivity index (χ2n) is 34.2. The number of ether oxygens (including phenoxy) is 4. The Morgan fingerprint density at radius 3 is 1.41 bits per heavy atom. The molecule has 2 aliphatic heterocycles. The number of primary amides is 2.